The van der Waals surface area contributed by atoms with Gasteiger partial charge in [0, 0.05) is 17.1 Å². The van der Waals surface area contributed by atoms with Gasteiger partial charge >= 0.3 is 0 Å². The van der Waals surface area contributed by atoms with Crippen molar-refractivity contribution in [1.82, 2.24) is 10.9 Å². The predicted octanol–water partition coefficient (Wildman–Crippen LogP) is 3.54. The standard InChI is InChI=1S/C20H23FN2O3S/c1-13-8-9-16(12-14(13)2)27-11-10-19(24)22-23-20(25)15(3)26-18-7-5-4-6-17(18)21/h4-9,12,15H,10-11H2,1-3H3,(H,22,24)(H,23,25)/t15-/m1/s1. The van der Waals surface area contributed by atoms with Gasteiger partial charge in [0.15, 0.2) is 17.7 Å². The normalized spacial score (nSPS) is 11.6. The highest BCUT2D eigenvalue weighted by molar-refractivity contribution is 7.99. The number of rotatable bonds is 7. The molecule has 0 radical (unpaired) electrons. The summed E-state index contributed by atoms with van der Waals surface area (Å²) in [7, 11) is 0. The molecule has 2 N–H and O–H groups in total. The van der Waals surface area contributed by atoms with Crippen LogP contribution in [0.3, 0.4) is 0 Å². The number of amides is 2. The zero-order valence-corrected chi connectivity index (χ0v) is 16.4. The third kappa shape index (κ3) is 6.60. The number of halogens is 1. The number of aryl methyl sites for hydroxylation is 2. The molecule has 7 heteroatoms. The first-order valence-electron chi connectivity index (χ1n) is 8.56. The molecule has 0 aliphatic heterocycles. The number of hydrazine groups is 1. The Morgan fingerprint density at radius 3 is 2.56 bits per heavy atom. The molecule has 2 amide bonds. The van der Waals surface area contributed by atoms with Crippen LogP contribution in [-0.4, -0.2) is 23.7 Å². The van der Waals surface area contributed by atoms with Crippen molar-refractivity contribution in [2.24, 2.45) is 0 Å². The van der Waals surface area contributed by atoms with Crippen LogP contribution in [-0.2, 0) is 9.59 Å². The number of hydrogen-bond donors (Lipinski definition) is 2. The lowest BCUT2D eigenvalue weighted by Crippen LogP contribution is -2.47. The van der Waals surface area contributed by atoms with Gasteiger partial charge in [-0.2, -0.15) is 0 Å². The number of hydrogen-bond acceptors (Lipinski definition) is 4. The van der Waals surface area contributed by atoms with E-state index in [0.717, 1.165) is 4.90 Å². The average Bonchev–Trinajstić information content (AvgIpc) is 2.64. The second-order valence-electron chi connectivity index (χ2n) is 6.07. The quantitative estimate of drug-likeness (QED) is 0.561. The minimum absolute atomic E-state index is 0.0173. The maximum atomic E-state index is 13.5. The SMILES string of the molecule is Cc1ccc(SCCC(=O)NNC(=O)[C@@H](C)Oc2ccccc2F)cc1C. The Morgan fingerprint density at radius 1 is 1.11 bits per heavy atom. The number of nitrogens with one attached hydrogen (secondary N) is 2. The van der Waals surface area contributed by atoms with E-state index in [0.29, 0.717) is 5.75 Å². The number of carbonyl (C=O) groups is 2. The zero-order valence-electron chi connectivity index (χ0n) is 15.5. The second kappa shape index (κ2) is 9.97. The summed E-state index contributed by atoms with van der Waals surface area (Å²) in [6.07, 6.45) is -0.701. The Kier molecular flexibility index (Phi) is 7.67. The van der Waals surface area contributed by atoms with Gasteiger partial charge in [0.05, 0.1) is 0 Å². The summed E-state index contributed by atoms with van der Waals surface area (Å²) in [6.45, 7) is 5.58. The zero-order chi connectivity index (χ0) is 19.8. The van der Waals surface area contributed by atoms with Crippen molar-refractivity contribution >= 4 is 23.6 Å². The summed E-state index contributed by atoms with van der Waals surface area (Å²) in [4.78, 5) is 24.9. The van der Waals surface area contributed by atoms with E-state index in [1.54, 1.807) is 17.8 Å². The average molecular weight is 390 g/mol. The van der Waals surface area contributed by atoms with E-state index in [1.807, 2.05) is 13.0 Å². The fourth-order valence-electron chi connectivity index (χ4n) is 2.14. The van der Waals surface area contributed by atoms with Gasteiger partial charge in [-0.1, -0.05) is 18.2 Å². The molecule has 5 nitrogen and oxygen atoms in total. The Hall–Kier alpha value is -2.54. The van der Waals surface area contributed by atoms with Gasteiger partial charge in [0.2, 0.25) is 5.91 Å². The van der Waals surface area contributed by atoms with Crippen LogP contribution in [0.4, 0.5) is 4.39 Å². The van der Waals surface area contributed by atoms with E-state index >= 15 is 0 Å². The summed E-state index contributed by atoms with van der Waals surface area (Å²) in [5.74, 6) is -0.849. The van der Waals surface area contributed by atoms with Gasteiger partial charge in [-0.05, 0) is 56.2 Å². The first-order valence-corrected chi connectivity index (χ1v) is 9.55. The van der Waals surface area contributed by atoms with Crippen LogP contribution in [0.1, 0.15) is 24.5 Å². The minimum Gasteiger partial charge on any atom is -0.478 e. The van der Waals surface area contributed by atoms with Crippen LogP contribution in [0.25, 0.3) is 0 Å². The Morgan fingerprint density at radius 2 is 1.85 bits per heavy atom. The topological polar surface area (TPSA) is 67.4 Å². The van der Waals surface area contributed by atoms with Crippen molar-refractivity contribution in [2.45, 2.75) is 38.2 Å². The molecule has 0 aliphatic carbocycles. The molecule has 0 fully saturated rings. The van der Waals surface area contributed by atoms with Gasteiger partial charge in [-0.3, -0.25) is 20.4 Å². The summed E-state index contributed by atoms with van der Waals surface area (Å²) >= 11 is 1.58. The van der Waals surface area contributed by atoms with Crippen molar-refractivity contribution in [3.8, 4) is 5.75 Å². The number of thioether (sulfide) groups is 1. The third-order valence-corrected chi connectivity index (χ3v) is 4.91. The molecular weight excluding hydrogens is 367 g/mol. The van der Waals surface area contributed by atoms with Gasteiger partial charge < -0.3 is 4.74 Å². The third-order valence-electron chi connectivity index (χ3n) is 3.91. The molecule has 0 saturated carbocycles. The Bertz CT molecular complexity index is 814. The van der Waals surface area contributed by atoms with E-state index in [9.17, 15) is 14.0 Å². The monoisotopic (exact) mass is 390 g/mol. The van der Waals surface area contributed by atoms with Gasteiger partial charge in [-0.25, -0.2) is 4.39 Å². The largest absolute Gasteiger partial charge is 0.478 e. The smallest absolute Gasteiger partial charge is 0.279 e. The molecule has 0 aromatic heterocycles. The molecule has 0 bridgehead atoms. The van der Waals surface area contributed by atoms with E-state index in [-0.39, 0.29) is 18.1 Å². The van der Waals surface area contributed by atoms with Crippen LogP contribution in [0.15, 0.2) is 47.4 Å². The maximum absolute atomic E-state index is 13.5. The highest BCUT2D eigenvalue weighted by Gasteiger charge is 2.17. The first kappa shape index (κ1) is 20.8. The minimum atomic E-state index is -0.952. The molecule has 27 heavy (non-hydrogen) atoms. The van der Waals surface area contributed by atoms with E-state index < -0.39 is 17.8 Å². The summed E-state index contributed by atoms with van der Waals surface area (Å²) in [5, 5.41) is 0. The van der Waals surface area contributed by atoms with Gasteiger partial charge in [0.25, 0.3) is 5.91 Å². The van der Waals surface area contributed by atoms with Crippen molar-refractivity contribution < 1.29 is 18.7 Å². The fourth-order valence-corrected chi connectivity index (χ4v) is 3.09. The summed E-state index contributed by atoms with van der Waals surface area (Å²) in [6, 6.07) is 12.0. The Balaban J connectivity index is 1.70. The summed E-state index contributed by atoms with van der Waals surface area (Å²) in [5.41, 5.74) is 7.07. The maximum Gasteiger partial charge on any atom is 0.279 e. The first-order chi connectivity index (χ1) is 12.9. The highest BCUT2D eigenvalue weighted by atomic mass is 32.2. The molecule has 1 atom stereocenters. The molecule has 0 heterocycles. The van der Waals surface area contributed by atoms with Gasteiger partial charge in [0.1, 0.15) is 0 Å². The van der Waals surface area contributed by atoms with E-state index in [2.05, 4.69) is 29.9 Å². The predicted molar refractivity (Wildman–Crippen MR) is 104 cm³/mol. The molecule has 2 aromatic rings. The molecule has 0 aliphatic rings. The molecule has 0 saturated heterocycles. The van der Waals surface area contributed by atoms with Gasteiger partial charge in [-0.15, -0.1) is 11.8 Å². The number of para-hydroxylation sites is 1. The lowest BCUT2D eigenvalue weighted by molar-refractivity contribution is -0.132. The number of benzene rings is 2. The molecule has 144 valence electrons. The molecular formula is C20H23FN2O3S. The van der Waals surface area contributed by atoms with Crippen LogP contribution in [0.5, 0.6) is 5.75 Å². The van der Waals surface area contributed by atoms with Crippen molar-refractivity contribution in [3.63, 3.8) is 0 Å². The van der Waals surface area contributed by atoms with Crippen molar-refractivity contribution in [3.05, 3.63) is 59.4 Å². The second-order valence-corrected chi connectivity index (χ2v) is 7.24. The lowest BCUT2D eigenvalue weighted by Gasteiger charge is -2.15. The molecule has 0 spiro atoms. The van der Waals surface area contributed by atoms with Crippen LogP contribution in [0, 0.1) is 19.7 Å². The van der Waals surface area contributed by atoms with Crippen molar-refractivity contribution in [2.75, 3.05) is 5.75 Å². The van der Waals surface area contributed by atoms with Crippen LogP contribution >= 0.6 is 11.8 Å². The molecule has 2 rings (SSSR count). The summed E-state index contributed by atoms with van der Waals surface area (Å²) < 4.78 is 18.8. The van der Waals surface area contributed by atoms with Crippen molar-refractivity contribution in [1.29, 1.82) is 0 Å². The van der Waals surface area contributed by atoms with E-state index in [4.69, 9.17) is 4.74 Å². The van der Waals surface area contributed by atoms with Crippen LogP contribution in [0.2, 0.25) is 0 Å². The molecule has 0 unspecified atom stereocenters. The number of ether oxygens (including phenoxy) is 1. The van der Waals surface area contributed by atoms with E-state index in [1.165, 1.54) is 36.2 Å². The van der Waals surface area contributed by atoms with Crippen LogP contribution < -0.4 is 15.6 Å². The lowest BCUT2D eigenvalue weighted by atomic mass is 10.1. The Labute approximate surface area is 162 Å². The highest BCUT2D eigenvalue weighted by Crippen LogP contribution is 2.21. The fraction of sp³-hybridized carbons (Fsp3) is 0.300. The number of carbonyl (C=O) groups excluding carboxylic acids is 2. The molecule has 2 aromatic carbocycles.